The normalized spacial score (nSPS) is 14.8. The molecule has 1 nitrogen and oxygen atoms in total. The molecule has 0 unspecified atom stereocenters. The van der Waals surface area contributed by atoms with Crippen LogP contribution in [0.15, 0.2) is 36.1 Å². The van der Waals surface area contributed by atoms with E-state index >= 15 is 0 Å². The lowest BCUT2D eigenvalue weighted by atomic mass is 9.95. The van der Waals surface area contributed by atoms with Gasteiger partial charge in [0.25, 0.3) is 0 Å². The van der Waals surface area contributed by atoms with Crippen molar-refractivity contribution >= 4 is 0 Å². The quantitative estimate of drug-likeness (QED) is 0.491. The Balaban J connectivity index is 4.17. The van der Waals surface area contributed by atoms with Crippen molar-refractivity contribution in [2.75, 3.05) is 0 Å². The van der Waals surface area contributed by atoms with Crippen LogP contribution in [0.3, 0.4) is 0 Å². The van der Waals surface area contributed by atoms with Crippen LogP contribution in [-0.2, 0) is 0 Å². The van der Waals surface area contributed by atoms with E-state index in [1.54, 1.807) is 6.08 Å². The summed E-state index contributed by atoms with van der Waals surface area (Å²) >= 11 is 0. The van der Waals surface area contributed by atoms with E-state index in [9.17, 15) is 0 Å². The highest BCUT2D eigenvalue weighted by molar-refractivity contribution is 5.21. The molecule has 0 aromatic rings. The first kappa shape index (κ1) is 11.0. The Morgan fingerprint density at radius 2 is 1.83 bits per heavy atom. The number of allylic oxidation sites excluding steroid dienone is 5. The molecule has 0 heterocycles. The fourth-order valence-electron chi connectivity index (χ4n) is 0.632. The lowest BCUT2D eigenvalue weighted by Crippen LogP contribution is -1.98. The Kier molecular flexibility index (Phi) is 4.42. The molecule has 0 bridgehead atoms. The molecule has 0 aromatic heterocycles. The second kappa shape index (κ2) is 4.81. The third-order valence-electron chi connectivity index (χ3n) is 1.29. The van der Waals surface area contributed by atoms with Crippen molar-refractivity contribution in [3.63, 3.8) is 0 Å². The Bertz CT molecular complexity index is 202. The molecule has 68 valence electrons. The summed E-state index contributed by atoms with van der Waals surface area (Å²) in [5.74, 6) is 0. The highest BCUT2D eigenvalue weighted by Gasteiger charge is 2.02. The predicted molar refractivity (Wildman–Crippen MR) is 54.1 cm³/mol. The van der Waals surface area contributed by atoms with Crippen molar-refractivity contribution in [2.45, 2.75) is 27.7 Å². The van der Waals surface area contributed by atoms with Crippen molar-refractivity contribution in [1.29, 1.82) is 0 Å². The lowest BCUT2D eigenvalue weighted by Gasteiger charge is -2.10. The standard InChI is InChI=1S/C11H18O/c1-10(6-5-9-12)7-8-11(2,3)4/h5-9,12H,1-4H3/b8-7+,9-5+,10-6-. The number of aliphatic hydroxyl groups is 1. The van der Waals surface area contributed by atoms with E-state index < -0.39 is 0 Å². The fraction of sp³-hybridized carbons (Fsp3) is 0.455. The number of hydrogen-bond acceptors (Lipinski definition) is 1. The zero-order valence-corrected chi connectivity index (χ0v) is 8.33. The van der Waals surface area contributed by atoms with Gasteiger partial charge >= 0.3 is 0 Å². The van der Waals surface area contributed by atoms with E-state index in [-0.39, 0.29) is 5.41 Å². The smallest absolute Gasteiger partial charge is 0.0791 e. The zero-order valence-electron chi connectivity index (χ0n) is 8.33. The summed E-state index contributed by atoms with van der Waals surface area (Å²) in [5.41, 5.74) is 1.35. The van der Waals surface area contributed by atoms with Gasteiger partial charge in [-0.1, -0.05) is 44.6 Å². The molecular weight excluding hydrogens is 148 g/mol. The molecule has 0 amide bonds. The molecule has 0 aliphatic rings. The summed E-state index contributed by atoms with van der Waals surface area (Å²) in [7, 11) is 0. The summed E-state index contributed by atoms with van der Waals surface area (Å²) in [6, 6.07) is 0. The van der Waals surface area contributed by atoms with Gasteiger partial charge in [0, 0.05) is 0 Å². The Labute approximate surface area is 75.1 Å². The van der Waals surface area contributed by atoms with Crippen LogP contribution in [0.2, 0.25) is 0 Å². The minimum atomic E-state index is 0.220. The van der Waals surface area contributed by atoms with E-state index in [0.717, 1.165) is 11.8 Å². The van der Waals surface area contributed by atoms with Crippen LogP contribution < -0.4 is 0 Å². The van der Waals surface area contributed by atoms with Crippen molar-refractivity contribution < 1.29 is 5.11 Å². The lowest BCUT2D eigenvalue weighted by molar-refractivity contribution is 0.473. The van der Waals surface area contributed by atoms with E-state index in [0.29, 0.717) is 0 Å². The van der Waals surface area contributed by atoms with Gasteiger partial charge in [0.2, 0.25) is 0 Å². The fourth-order valence-corrected chi connectivity index (χ4v) is 0.632. The van der Waals surface area contributed by atoms with Gasteiger partial charge in [-0.3, -0.25) is 0 Å². The van der Waals surface area contributed by atoms with Crippen molar-refractivity contribution in [1.82, 2.24) is 0 Å². The van der Waals surface area contributed by atoms with Gasteiger partial charge in [-0.2, -0.15) is 0 Å². The molecule has 0 aromatic carbocycles. The Hall–Kier alpha value is -0.980. The summed E-state index contributed by atoms with van der Waals surface area (Å²) in [6.45, 7) is 8.46. The van der Waals surface area contributed by atoms with Gasteiger partial charge in [0.1, 0.15) is 0 Å². The molecule has 0 rings (SSSR count). The maximum atomic E-state index is 8.39. The zero-order chi connectivity index (χ0) is 9.61. The average Bonchev–Trinajstić information content (AvgIpc) is 1.95. The number of rotatable bonds is 2. The third-order valence-corrected chi connectivity index (χ3v) is 1.29. The van der Waals surface area contributed by atoms with Gasteiger partial charge in [0.15, 0.2) is 0 Å². The largest absolute Gasteiger partial charge is 0.516 e. The SMILES string of the molecule is CC(=C/C=C/O)/C=C/C(C)(C)C. The molecule has 0 aliphatic carbocycles. The van der Waals surface area contributed by atoms with Crippen LogP contribution in [0, 0.1) is 5.41 Å². The summed E-state index contributed by atoms with van der Waals surface area (Å²) in [4.78, 5) is 0. The average molecular weight is 166 g/mol. The monoisotopic (exact) mass is 166 g/mol. The molecule has 1 N–H and O–H groups in total. The van der Waals surface area contributed by atoms with E-state index in [4.69, 9.17) is 5.11 Å². The molecule has 0 atom stereocenters. The van der Waals surface area contributed by atoms with Crippen LogP contribution in [-0.4, -0.2) is 5.11 Å². The van der Waals surface area contributed by atoms with E-state index in [2.05, 4.69) is 32.9 Å². The van der Waals surface area contributed by atoms with E-state index in [1.807, 2.05) is 13.0 Å². The Morgan fingerprint density at radius 1 is 1.25 bits per heavy atom. The highest BCUT2D eigenvalue weighted by Crippen LogP contribution is 2.15. The first-order valence-corrected chi connectivity index (χ1v) is 4.12. The molecule has 0 fully saturated rings. The molecule has 1 heteroatoms. The maximum Gasteiger partial charge on any atom is 0.0791 e. The van der Waals surface area contributed by atoms with Gasteiger partial charge < -0.3 is 5.11 Å². The van der Waals surface area contributed by atoms with Crippen LogP contribution in [0.25, 0.3) is 0 Å². The van der Waals surface area contributed by atoms with Gasteiger partial charge in [-0.15, -0.1) is 0 Å². The summed E-state index contributed by atoms with van der Waals surface area (Å²) in [6.07, 6.45) is 8.71. The maximum absolute atomic E-state index is 8.39. The van der Waals surface area contributed by atoms with E-state index in [1.165, 1.54) is 0 Å². The second-order valence-corrected chi connectivity index (χ2v) is 3.95. The first-order chi connectivity index (χ1) is 5.45. The van der Waals surface area contributed by atoms with Crippen LogP contribution in [0.1, 0.15) is 27.7 Å². The molecule has 0 saturated carbocycles. The summed E-state index contributed by atoms with van der Waals surface area (Å²) in [5, 5.41) is 8.39. The molecule has 0 saturated heterocycles. The third kappa shape index (κ3) is 7.13. The first-order valence-electron chi connectivity index (χ1n) is 4.12. The van der Waals surface area contributed by atoms with Gasteiger partial charge in [-0.05, 0) is 18.4 Å². The van der Waals surface area contributed by atoms with Crippen LogP contribution in [0.4, 0.5) is 0 Å². The number of aliphatic hydroxyl groups excluding tert-OH is 1. The van der Waals surface area contributed by atoms with Crippen molar-refractivity contribution in [3.05, 3.63) is 36.1 Å². The molecule has 12 heavy (non-hydrogen) atoms. The highest BCUT2D eigenvalue weighted by atomic mass is 16.2. The minimum absolute atomic E-state index is 0.220. The topological polar surface area (TPSA) is 20.2 Å². The molecule has 0 aliphatic heterocycles. The predicted octanol–water partition coefficient (Wildman–Crippen LogP) is 3.61. The van der Waals surface area contributed by atoms with Crippen LogP contribution in [0.5, 0.6) is 0 Å². The molecule has 0 radical (unpaired) electrons. The molecule has 0 spiro atoms. The van der Waals surface area contributed by atoms with Crippen molar-refractivity contribution in [3.8, 4) is 0 Å². The number of hydrogen-bond donors (Lipinski definition) is 1. The second-order valence-electron chi connectivity index (χ2n) is 3.95. The van der Waals surface area contributed by atoms with Crippen LogP contribution >= 0.6 is 0 Å². The van der Waals surface area contributed by atoms with Gasteiger partial charge in [0.05, 0.1) is 6.26 Å². The molecular formula is C11H18O. The minimum Gasteiger partial charge on any atom is -0.516 e. The summed E-state index contributed by atoms with van der Waals surface area (Å²) < 4.78 is 0. The van der Waals surface area contributed by atoms with Crippen molar-refractivity contribution in [2.24, 2.45) is 5.41 Å². The van der Waals surface area contributed by atoms with Gasteiger partial charge in [-0.25, -0.2) is 0 Å². The Morgan fingerprint density at radius 3 is 2.25 bits per heavy atom.